The second kappa shape index (κ2) is 6.49. The zero-order valence-corrected chi connectivity index (χ0v) is 12.7. The van der Waals surface area contributed by atoms with Crippen LogP contribution >= 0.6 is 0 Å². The Balaban J connectivity index is 1.94. The van der Waals surface area contributed by atoms with Gasteiger partial charge in [-0.25, -0.2) is 0 Å². The fourth-order valence-electron chi connectivity index (χ4n) is 2.39. The standard InChI is InChI=1S/C16H12N4O5/c21-9-19-13-4-2-1-3-12(13)14(16(19)23)17-18-15(22)10-5-7-11(8-6-10)20(24)25/h1-8,21,23H,9H2. The molecule has 1 heterocycles. The molecule has 9 heteroatoms. The Bertz CT molecular complexity index is 992. The highest BCUT2D eigenvalue weighted by molar-refractivity contribution is 5.97. The number of nitrogens with zero attached hydrogens (tertiary/aromatic N) is 4. The van der Waals surface area contributed by atoms with Crippen LogP contribution in [0, 0.1) is 10.1 Å². The Morgan fingerprint density at radius 3 is 2.48 bits per heavy atom. The summed E-state index contributed by atoms with van der Waals surface area (Å²) in [5.41, 5.74) is 0.580. The predicted octanol–water partition coefficient (Wildman–Crippen LogP) is 3.13. The largest absolute Gasteiger partial charge is 0.493 e. The first-order chi connectivity index (χ1) is 12.0. The van der Waals surface area contributed by atoms with Crippen LogP contribution in [0.2, 0.25) is 0 Å². The number of nitro benzene ring substituents is 1. The quantitative estimate of drug-likeness (QED) is 0.428. The number of carbonyl (C=O) groups is 1. The Labute approximate surface area is 140 Å². The number of nitro groups is 1. The molecule has 1 amide bonds. The molecule has 3 aromatic rings. The number of amides is 1. The number of aliphatic hydroxyl groups is 1. The first kappa shape index (κ1) is 16.3. The molecule has 0 bridgehead atoms. The van der Waals surface area contributed by atoms with Crippen molar-refractivity contribution in [1.82, 2.24) is 4.57 Å². The van der Waals surface area contributed by atoms with Crippen molar-refractivity contribution in [3.05, 3.63) is 64.2 Å². The summed E-state index contributed by atoms with van der Waals surface area (Å²) in [6.45, 7) is -0.460. The van der Waals surface area contributed by atoms with Gasteiger partial charge in [-0.1, -0.05) is 18.2 Å². The van der Waals surface area contributed by atoms with E-state index in [-0.39, 0.29) is 22.8 Å². The number of hydrogen-bond acceptors (Lipinski definition) is 6. The third-order valence-corrected chi connectivity index (χ3v) is 3.62. The van der Waals surface area contributed by atoms with Crippen molar-refractivity contribution < 1.29 is 19.9 Å². The van der Waals surface area contributed by atoms with Crippen molar-refractivity contribution in [3.63, 3.8) is 0 Å². The van der Waals surface area contributed by atoms with Crippen molar-refractivity contribution in [2.24, 2.45) is 10.2 Å². The molecular formula is C16H12N4O5. The zero-order chi connectivity index (χ0) is 18.0. The zero-order valence-electron chi connectivity index (χ0n) is 12.7. The van der Waals surface area contributed by atoms with Gasteiger partial charge in [0.25, 0.3) is 11.6 Å². The number of aliphatic hydroxyl groups excluding tert-OH is 1. The van der Waals surface area contributed by atoms with E-state index in [0.717, 1.165) is 0 Å². The van der Waals surface area contributed by atoms with Crippen molar-refractivity contribution in [1.29, 1.82) is 0 Å². The number of aromatic nitrogens is 1. The van der Waals surface area contributed by atoms with Crippen LogP contribution in [-0.4, -0.2) is 25.6 Å². The van der Waals surface area contributed by atoms with Crippen LogP contribution in [0.1, 0.15) is 10.4 Å². The molecule has 0 fully saturated rings. The lowest BCUT2D eigenvalue weighted by atomic mass is 10.2. The van der Waals surface area contributed by atoms with Crippen molar-refractivity contribution in [2.45, 2.75) is 6.73 Å². The second-order valence-electron chi connectivity index (χ2n) is 5.07. The van der Waals surface area contributed by atoms with Crippen molar-refractivity contribution in [2.75, 3.05) is 0 Å². The van der Waals surface area contributed by atoms with E-state index in [9.17, 15) is 25.1 Å². The number of rotatable bonds is 4. The van der Waals surface area contributed by atoms with E-state index in [1.807, 2.05) is 0 Å². The van der Waals surface area contributed by atoms with E-state index in [1.54, 1.807) is 24.3 Å². The smallest absolute Gasteiger partial charge is 0.295 e. The van der Waals surface area contributed by atoms with Gasteiger partial charge in [-0.05, 0) is 18.2 Å². The van der Waals surface area contributed by atoms with Crippen molar-refractivity contribution in [3.8, 4) is 5.88 Å². The van der Waals surface area contributed by atoms with Crippen LogP contribution in [-0.2, 0) is 6.73 Å². The fraction of sp³-hybridized carbons (Fsp3) is 0.0625. The summed E-state index contributed by atoms with van der Waals surface area (Å²) in [7, 11) is 0. The number of fused-ring (bicyclic) bond motifs is 1. The number of aromatic hydroxyl groups is 1. The van der Waals surface area contributed by atoms with Crippen LogP contribution < -0.4 is 0 Å². The second-order valence-corrected chi connectivity index (χ2v) is 5.07. The third-order valence-electron chi connectivity index (χ3n) is 3.62. The number of benzene rings is 2. The maximum absolute atomic E-state index is 12.1. The Morgan fingerprint density at radius 1 is 1.16 bits per heavy atom. The molecule has 0 aliphatic heterocycles. The van der Waals surface area contributed by atoms with E-state index in [0.29, 0.717) is 10.9 Å². The van der Waals surface area contributed by atoms with E-state index in [4.69, 9.17) is 0 Å². The first-order valence-corrected chi connectivity index (χ1v) is 7.14. The molecule has 1 aromatic heterocycles. The van der Waals surface area contributed by atoms with Gasteiger partial charge in [-0.15, -0.1) is 10.2 Å². The third kappa shape index (κ3) is 2.95. The van der Waals surface area contributed by atoms with Gasteiger partial charge in [-0.3, -0.25) is 19.5 Å². The summed E-state index contributed by atoms with van der Waals surface area (Å²) < 4.78 is 1.22. The molecule has 0 aliphatic carbocycles. The lowest BCUT2D eigenvalue weighted by Gasteiger charge is -2.00. The molecule has 0 saturated carbocycles. The lowest BCUT2D eigenvalue weighted by molar-refractivity contribution is -0.384. The van der Waals surface area contributed by atoms with Gasteiger partial charge in [0.15, 0.2) is 5.69 Å². The molecule has 2 aromatic carbocycles. The maximum atomic E-state index is 12.1. The molecule has 0 spiro atoms. The minimum atomic E-state index is -0.713. The van der Waals surface area contributed by atoms with E-state index < -0.39 is 17.6 Å². The molecule has 9 nitrogen and oxygen atoms in total. The molecule has 2 N–H and O–H groups in total. The van der Waals surface area contributed by atoms with Crippen LogP contribution in [0.25, 0.3) is 10.9 Å². The van der Waals surface area contributed by atoms with Crippen LogP contribution in [0.3, 0.4) is 0 Å². The fourth-order valence-corrected chi connectivity index (χ4v) is 2.39. The number of para-hydroxylation sites is 1. The number of hydrogen-bond donors (Lipinski definition) is 2. The molecular weight excluding hydrogens is 328 g/mol. The van der Waals surface area contributed by atoms with Gasteiger partial charge < -0.3 is 10.2 Å². The van der Waals surface area contributed by atoms with Gasteiger partial charge in [0.05, 0.1) is 10.4 Å². The number of non-ortho nitro benzene ring substituents is 1. The predicted molar refractivity (Wildman–Crippen MR) is 87.8 cm³/mol. The molecule has 0 aliphatic rings. The summed E-state index contributed by atoms with van der Waals surface area (Å²) in [5.74, 6) is -1.03. The average Bonchev–Trinajstić information content (AvgIpc) is 2.90. The van der Waals surface area contributed by atoms with Crippen LogP contribution in [0.4, 0.5) is 11.4 Å². The highest BCUT2D eigenvalue weighted by Gasteiger charge is 2.16. The molecule has 3 rings (SSSR count). The monoisotopic (exact) mass is 340 g/mol. The highest BCUT2D eigenvalue weighted by Crippen LogP contribution is 2.38. The molecule has 0 radical (unpaired) electrons. The van der Waals surface area contributed by atoms with E-state index in [1.165, 1.54) is 28.8 Å². The van der Waals surface area contributed by atoms with Gasteiger partial charge in [0.2, 0.25) is 5.88 Å². The van der Waals surface area contributed by atoms with Gasteiger partial charge in [0, 0.05) is 23.1 Å². The SMILES string of the molecule is O=C(N=Nc1c(O)n(CO)c2ccccc12)c1ccc([N+](=O)[O-])cc1. The molecule has 126 valence electrons. The van der Waals surface area contributed by atoms with Gasteiger partial charge in [0.1, 0.15) is 6.73 Å². The summed E-state index contributed by atoms with van der Waals surface area (Å²) in [5, 5.41) is 38.0. The normalized spacial score (nSPS) is 11.2. The number of azo groups is 1. The highest BCUT2D eigenvalue weighted by atomic mass is 16.6. The van der Waals surface area contributed by atoms with Gasteiger partial charge >= 0.3 is 0 Å². The maximum Gasteiger partial charge on any atom is 0.295 e. The lowest BCUT2D eigenvalue weighted by Crippen LogP contribution is -1.95. The minimum absolute atomic E-state index is 0.0555. The molecule has 0 atom stereocenters. The van der Waals surface area contributed by atoms with Gasteiger partial charge in [-0.2, -0.15) is 0 Å². The van der Waals surface area contributed by atoms with E-state index >= 15 is 0 Å². The summed E-state index contributed by atoms with van der Waals surface area (Å²) >= 11 is 0. The van der Waals surface area contributed by atoms with Crippen LogP contribution in [0.5, 0.6) is 5.88 Å². The molecule has 25 heavy (non-hydrogen) atoms. The van der Waals surface area contributed by atoms with E-state index in [2.05, 4.69) is 10.2 Å². The van der Waals surface area contributed by atoms with Crippen molar-refractivity contribution >= 4 is 28.2 Å². The topological polar surface area (TPSA) is 130 Å². The Hall–Kier alpha value is -3.59. The summed E-state index contributed by atoms with van der Waals surface area (Å²) in [6.07, 6.45) is 0. The minimum Gasteiger partial charge on any atom is -0.493 e. The molecule has 0 saturated heterocycles. The number of carbonyl (C=O) groups excluding carboxylic acids is 1. The Kier molecular flexibility index (Phi) is 4.23. The molecule has 0 unspecified atom stereocenters. The summed E-state index contributed by atoms with van der Waals surface area (Å²) in [6, 6.07) is 11.7. The van der Waals surface area contributed by atoms with Crippen LogP contribution in [0.15, 0.2) is 58.8 Å². The first-order valence-electron chi connectivity index (χ1n) is 7.14. The average molecular weight is 340 g/mol. The Morgan fingerprint density at radius 2 is 1.84 bits per heavy atom. The summed E-state index contributed by atoms with van der Waals surface area (Å²) in [4.78, 5) is 22.1.